The van der Waals surface area contributed by atoms with E-state index in [2.05, 4.69) is 10.6 Å². The number of anilines is 1. The number of amides is 2. The molecule has 1 aromatic rings. The Morgan fingerprint density at radius 1 is 0.958 bits per heavy atom. The molecule has 0 aliphatic heterocycles. The monoisotopic (exact) mass is 330 g/mol. The minimum absolute atomic E-state index is 0.00143. The van der Waals surface area contributed by atoms with Crippen LogP contribution in [0.5, 0.6) is 5.75 Å². The van der Waals surface area contributed by atoms with E-state index in [9.17, 15) is 9.59 Å². The smallest absolute Gasteiger partial charge is 0.227 e. The largest absolute Gasteiger partial charge is 0.494 e. The molecule has 1 aromatic carbocycles. The summed E-state index contributed by atoms with van der Waals surface area (Å²) in [5, 5.41) is 6.04. The molecule has 0 unspecified atom stereocenters. The third-order valence-electron chi connectivity index (χ3n) is 4.83. The number of hydrogen-bond acceptors (Lipinski definition) is 3. The highest BCUT2D eigenvalue weighted by atomic mass is 16.5. The van der Waals surface area contributed by atoms with Crippen molar-refractivity contribution in [2.75, 3.05) is 11.9 Å². The molecule has 0 atom stereocenters. The van der Waals surface area contributed by atoms with E-state index in [4.69, 9.17) is 4.74 Å². The van der Waals surface area contributed by atoms with Gasteiger partial charge in [0.1, 0.15) is 5.75 Å². The third-order valence-corrected chi connectivity index (χ3v) is 4.83. The maximum atomic E-state index is 12.4. The first-order valence-corrected chi connectivity index (χ1v) is 9.00. The first-order valence-electron chi connectivity index (χ1n) is 9.00. The first-order chi connectivity index (χ1) is 11.7. The van der Waals surface area contributed by atoms with E-state index in [1.165, 1.54) is 0 Å². The second kappa shape index (κ2) is 7.69. The first kappa shape index (κ1) is 16.8. The van der Waals surface area contributed by atoms with Crippen molar-refractivity contribution in [1.29, 1.82) is 0 Å². The summed E-state index contributed by atoms with van der Waals surface area (Å²) in [6.07, 6.45) is 5.41. The normalized spacial score (nSPS) is 23.4. The molecule has 5 heteroatoms. The van der Waals surface area contributed by atoms with Gasteiger partial charge >= 0.3 is 0 Å². The van der Waals surface area contributed by atoms with E-state index in [0.29, 0.717) is 12.6 Å². The van der Waals surface area contributed by atoms with Gasteiger partial charge in [0.25, 0.3) is 0 Å². The Kier molecular flexibility index (Phi) is 5.38. The minimum Gasteiger partial charge on any atom is -0.494 e. The summed E-state index contributed by atoms with van der Waals surface area (Å²) < 4.78 is 5.40. The van der Waals surface area contributed by atoms with E-state index in [-0.39, 0.29) is 23.7 Å². The SMILES string of the molecule is CCOc1ccc(NC(=O)C2CCC(C(=O)NC3CC3)CC2)cc1. The van der Waals surface area contributed by atoms with Crippen molar-refractivity contribution < 1.29 is 14.3 Å². The van der Waals surface area contributed by atoms with Gasteiger partial charge in [0.2, 0.25) is 11.8 Å². The Morgan fingerprint density at radius 3 is 2.08 bits per heavy atom. The summed E-state index contributed by atoms with van der Waals surface area (Å²) >= 11 is 0. The van der Waals surface area contributed by atoms with Gasteiger partial charge in [-0.3, -0.25) is 9.59 Å². The van der Waals surface area contributed by atoms with Crippen LogP contribution < -0.4 is 15.4 Å². The zero-order valence-electron chi connectivity index (χ0n) is 14.2. The standard InChI is InChI=1S/C19H26N2O3/c1-2-24-17-11-9-16(10-12-17)21-19(23)14-5-3-13(4-6-14)18(22)20-15-7-8-15/h9-15H,2-8H2,1H3,(H,20,22)(H,21,23). The molecule has 2 saturated carbocycles. The molecule has 2 aliphatic carbocycles. The van der Waals surface area contributed by atoms with Gasteiger partial charge < -0.3 is 15.4 Å². The maximum Gasteiger partial charge on any atom is 0.227 e. The number of benzene rings is 1. The van der Waals surface area contributed by atoms with Gasteiger partial charge in [0.15, 0.2) is 0 Å². The minimum atomic E-state index is 0.00143. The highest BCUT2D eigenvalue weighted by Crippen LogP contribution is 2.31. The Hall–Kier alpha value is -2.04. The van der Waals surface area contributed by atoms with E-state index >= 15 is 0 Å². The molecular formula is C19H26N2O3. The van der Waals surface area contributed by atoms with Crippen molar-refractivity contribution in [2.45, 2.75) is 51.5 Å². The fraction of sp³-hybridized carbons (Fsp3) is 0.579. The van der Waals surface area contributed by atoms with E-state index in [0.717, 1.165) is 50.0 Å². The summed E-state index contributed by atoms with van der Waals surface area (Å²) in [6.45, 7) is 2.57. The molecule has 3 rings (SSSR count). The molecule has 130 valence electrons. The van der Waals surface area contributed by atoms with Crippen molar-refractivity contribution >= 4 is 17.5 Å². The lowest BCUT2D eigenvalue weighted by molar-refractivity contribution is -0.128. The molecule has 2 fully saturated rings. The Bertz CT molecular complexity index is 573. The Labute approximate surface area is 143 Å². The molecule has 0 saturated heterocycles. The van der Waals surface area contributed by atoms with E-state index in [1.54, 1.807) is 0 Å². The average Bonchev–Trinajstić information content (AvgIpc) is 3.41. The van der Waals surface area contributed by atoms with Crippen LogP contribution in [0.25, 0.3) is 0 Å². The molecule has 0 aromatic heterocycles. The fourth-order valence-electron chi connectivity index (χ4n) is 3.21. The Morgan fingerprint density at radius 2 is 1.54 bits per heavy atom. The molecule has 0 radical (unpaired) electrons. The van der Waals surface area contributed by atoms with Crippen molar-refractivity contribution in [3.05, 3.63) is 24.3 Å². The van der Waals surface area contributed by atoms with Crippen molar-refractivity contribution in [3.63, 3.8) is 0 Å². The summed E-state index contributed by atoms with van der Waals surface area (Å²) in [6, 6.07) is 7.85. The van der Waals surface area contributed by atoms with Crippen LogP contribution in [0.2, 0.25) is 0 Å². The van der Waals surface area contributed by atoms with Gasteiger partial charge in [-0.25, -0.2) is 0 Å². The topological polar surface area (TPSA) is 67.4 Å². The summed E-state index contributed by atoms with van der Waals surface area (Å²) in [7, 11) is 0. The molecule has 0 heterocycles. The van der Waals surface area contributed by atoms with Crippen molar-refractivity contribution in [2.24, 2.45) is 11.8 Å². The molecular weight excluding hydrogens is 304 g/mol. The molecule has 5 nitrogen and oxygen atoms in total. The predicted molar refractivity (Wildman–Crippen MR) is 92.9 cm³/mol. The third kappa shape index (κ3) is 4.49. The number of rotatable bonds is 6. The lowest BCUT2D eigenvalue weighted by Gasteiger charge is -2.27. The lowest BCUT2D eigenvalue weighted by atomic mass is 9.81. The number of carbonyl (C=O) groups is 2. The van der Waals surface area contributed by atoms with Crippen LogP contribution in [0.4, 0.5) is 5.69 Å². The van der Waals surface area contributed by atoms with Gasteiger partial charge in [0, 0.05) is 23.6 Å². The number of hydrogen-bond donors (Lipinski definition) is 2. The van der Waals surface area contributed by atoms with Crippen LogP contribution in [0.1, 0.15) is 45.4 Å². The average molecular weight is 330 g/mol. The molecule has 2 aliphatic rings. The van der Waals surface area contributed by atoms with E-state index in [1.807, 2.05) is 31.2 Å². The summed E-state index contributed by atoms with van der Waals surface area (Å²) in [5.74, 6) is 1.13. The van der Waals surface area contributed by atoms with Gasteiger partial charge in [-0.1, -0.05) is 0 Å². The molecule has 0 bridgehead atoms. The Balaban J connectivity index is 1.45. The van der Waals surface area contributed by atoms with Crippen LogP contribution >= 0.6 is 0 Å². The van der Waals surface area contributed by atoms with Crippen LogP contribution in [-0.2, 0) is 9.59 Å². The zero-order valence-corrected chi connectivity index (χ0v) is 14.2. The second-order valence-electron chi connectivity index (χ2n) is 6.78. The summed E-state index contributed by atoms with van der Waals surface area (Å²) in [5.41, 5.74) is 0.789. The number of nitrogens with one attached hydrogen (secondary N) is 2. The van der Waals surface area contributed by atoms with Crippen molar-refractivity contribution in [1.82, 2.24) is 5.32 Å². The van der Waals surface area contributed by atoms with Gasteiger partial charge in [-0.2, -0.15) is 0 Å². The van der Waals surface area contributed by atoms with Crippen LogP contribution in [0, 0.1) is 11.8 Å². The predicted octanol–water partition coefficient (Wildman–Crippen LogP) is 3.11. The van der Waals surface area contributed by atoms with E-state index < -0.39 is 0 Å². The number of ether oxygens (including phenoxy) is 1. The van der Waals surface area contributed by atoms with Gasteiger partial charge in [-0.05, 0) is 69.7 Å². The molecule has 0 spiro atoms. The maximum absolute atomic E-state index is 12.4. The summed E-state index contributed by atoms with van der Waals surface area (Å²) in [4.78, 5) is 24.5. The lowest BCUT2D eigenvalue weighted by Crippen LogP contribution is -2.36. The highest BCUT2D eigenvalue weighted by Gasteiger charge is 2.32. The van der Waals surface area contributed by atoms with Crippen LogP contribution in [-0.4, -0.2) is 24.5 Å². The quantitative estimate of drug-likeness (QED) is 0.842. The van der Waals surface area contributed by atoms with Crippen LogP contribution in [0.3, 0.4) is 0 Å². The molecule has 24 heavy (non-hydrogen) atoms. The molecule has 2 N–H and O–H groups in total. The second-order valence-corrected chi connectivity index (χ2v) is 6.78. The number of carbonyl (C=O) groups excluding carboxylic acids is 2. The highest BCUT2D eigenvalue weighted by molar-refractivity contribution is 5.92. The molecule has 2 amide bonds. The fourth-order valence-corrected chi connectivity index (χ4v) is 3.21. The van der Waals surface area contributed by atoms with Crippen LogP contribution in [0.15, 0.2) is 24.3 Å². The zero-order chi connectivity index (χ0) is 16.9. The van der Waals surface area contributed by atoms with Gasteiger partial charge in [-0.15, -0.1) is 0 Å². The van der Waals surface area contributed by atoms with Crippen molar-refractivity contribution in [3.8, 4) is 5.75 Å². The van der Waals surface area contributed by atoms with Gasteiger partial charge in [0.05, 0.1) is 6.61 Å².